The molecule has 0 bridgehead atoms. The fourth-order valence-corrected chi connectivity index (χ4v) is 2.30. The van der Waals surface area contributed by atoms with Gasteiger partial charge in [0.2, 0.25) is 0 Å². The highest BCUT2D eigenvalue weighted by atomic mass is 16.5. The summed E-state index contributed by atoms with van der Waals surface area (Å²) in [4.78, 5) is 9.44. The fourth-order valence-electron chi connectivity index (χ4n) is 2.30. The summed E-state index contributed by atoms with van der Waals surface area (Å²) in [6.45, 7) is 7.67. The normalized spacial score (nSPS) is 12.2. The van der Waals surface area contributed by atoms with E-state index >= 15 is 0 Å². The summed E-state index contributed by atoms with van der Waals surface area (Å²) in [5.74, 6) is 1.89. The molecule has 1 heterocycles. The maximum Gasteiger partial charge on any atom is 0.136 e. The van der Waals surface area contributed by atoms with Crippen LogP contribution < -0.4 is 5.32 Å². The Morgan fingerprint density at radius 1 is 1.19 bits per heavy atom. The molecule has 112 valence electrons. The predicted octanol–water partition coefficient (Wildman–Crippen LogP) is 3.63. The molecule has 0 saturated heterocycles. The summed E-state index contributed by atoms with van der Waals surface area (Å²) in [6, 6.07) is 10.2. The molecule has 4 nitrogen and oxygen atoms in total. The average Bonchev–Trinajstić information content (AvgIpc) is 2.50. The van der Waals surface area contributed by atoms with Gasteiger partial charge in [-0.3, -0.25) is 0 Å². The summed E-state index contributed by atoms with van der Waals surface area (Å²) >= 11 is 0. The van der Waals surface area contributed by atoms with Crippen molar-refractivity contribution in [2.75, 3.05) is 25.6 Å². The van der Waals surface area contributed by atoms with Crippen molar-refractivity contribution < 1.29 is 4.74 Å². The number of ether oxygens (including phenoxy) is 1. The van der Waals surface area contributed by atoms with E-state index in [1.165, 1.54) is 0 Å². The Morgan fingerprint density at radius 2 is 1.90 bits per heavy atom. The predicted molar refractivity (Wildman–Crippen MR) is 86.7 cm³/mol. The smallest absolute Gasteiger partial charge is 0.136 e. The van der Waals surface area contributed by atoms with Gasteiger partial charge in [0, 0.05) is 30.7 Å². The average molecular weight is 285 g/mol. The Morgan fingerprint density at radius 3 is 2.52 bits per heavy atom. The molecule has 1 aromatic heterocycles. The van der Waals surface area contributed by atoms with Crippen LogP contribution in [0.1, 0.15) is 31.2 Å². The number of hydrogen-bond donors (Lipinski definition) is 1. The number of aromatic nitrogens is 2. The van der Waals surface area contributed by atoms with Gasteiger partial charge in [-0.05, 0) is 13.8 Å². The second-order valence-electron chi connectivity index (χ2n) is 5.16. The molecule has 1 atom stereocenters. The van der Waals surface area contributed by atoms with E-state index in [9.17, 15) is 0 Å². The Balaban J connectivity index is 2.52. The number of nitrogens with zero attached hydrogens (tertiary/aromatic N) is 2. The number of hydrogen-bond acceptors (Lipinski definition) is 4. The first kappa shape index (κ1) is 15.4. The van der Waals surface area contributed by atoms with E-state index in [0.29, 0.717) is 6.61 Å². The molecule has 1 unspecified atom stereocenters. The topological polar surface area (TPSA) is 47.0 Å². The molecular formula is C17H23N3O. The monoisotopic (exact) mass is 285 g/mol. The largest absolute Gasteiger partial charge is 0.384 e. The maximum absolute atomic E-state index is 5.23. The summed E-state index contributed by atoms with van der Waals surface area (Å²) in [7, 11) is 1.70. The van der Waals surface area contributed by atoms with Crippen LogP contribution in [0.3, 0.4) is 0 Å². The van der Waals surface area contributed by atoms with E-state index in [4.69, 9.17) is 9.72 Å². The van der Waals surface area contributed by atoms with Crippen LogP contribution in [0.2, 0.25) is 0 Å². The minimum absolute atomic E-state index is 0.162. The molecule has 0 radical (unpaired) electrons. The highest BCUT2D eigenvalue weighted by Crippen LogP contribution is 2.27. The number of methoxy groups -OCH3 is 1. The molecule has 4 heteroatoms. The van der Waals surface area contributed by atoms with E-state index in [2.05, 4.69) is 43.2 Å². The number of benzene rings is 1. The number of anilines is 1. The van der Waals surface area contributed by atoms with Crippen LogP contribution in [0.5, 0.6) is 0 Å². The quantitative estimate of drug-likeness (QED) is 0.880. The van der Waals surface area contributed by atoms with E-state index < -0.39 is 0 Å². The van der Waals surface area contributed by atoms with Crippen molar-refractivity contribution in [1.29, 1.82) is 0 Å². The zero-order valence-corrected chi connectivity index (χ0v) is 13.2. The summed E-state index contributed by atoms with van der Waals surface area (Å²) in [6.07, 6.45) is 0. The third-order valence-corrected chi connectivity index (χ3v) is 3.41. The molecule has 2 rings (SSSR count). The summed E-state index contributed by atoms with van der Waals surface area (Å²) in [5.41, 5.74) is 3.18. The van der Waals surface area contributed by atoms with Crippen molar-refractivity contribution in [3.8, 4) is 11.3 Å². The highest BCUT2D eigenvalue weighted by Gasteiger charge is 2.16. The first-order valence-corrected chi connectivity index (χ1v) is 7.34. The van der Waals surface area contributed by atoms with Gasteiger partial charge in [-0.15, -0.1) is 0 Å². The van der Waals surface area contributed by atoms with Crippen LogP contribution in [-0.4, -0.2) is 30.2 Å². The molecule has 1 aromatic carbocycles. The molecule has 0 aliphatic heterocycles. The molecule has 21 heavy (non-hydrogen) atoms. The van der Waals surface area contributed by atoms with Gasteiger partial charge in [-0.25, -0.2) is 9.97 Å². The Labute approximate surface area is 126 Å². The van der Waals surface area contributed by atoms with Gasteiger partial charge in [0.1, 0.15) is 11.6 Å². The van der Waals surface area contributed by atoms with Crippen molar-refractivity contribution >= 4 is 5.82 Å². The summed E-state index contributed by atoms with van der Waals surface area (Å²) < 4.78 is 5.23. The van der Waals surface area contributed by atoms with Gasteiger partial charge in [-0.1, -0.05) is 37.3 Å². The molecule has 2 aromatic rings. The first-order chi connectivity index (χ1) is 10.2. The van der Waals surface area contributed by atoms with Gasteiger partial charge >= 0.3 is 0 Å². The van der Waals surface area contributed by atoms with Crippen LogP contribution >= 0.6 is 0 Å². The van der Waals surface area contributed by atoms with Gasteiger partial charge in [0.25, 0.3) is 0 Å². The zero-order valence-electron chi connectivity index (χ0n) is 13.2. The lowest BCUT2D eigenvalue weighted by Gasteiger charge is -2.16. The van der Waals surface area contributed by atoms with Gasteiger partial charge in [-0.2, -0.15) is 0 Å². The maximum atomic E-state index is 5.23. The van der Waals surface area contributed by atoms with E-state index in [-0.39, 0.29) is 5.92 Å². The van der Waals surface area contributed by atoms with Crippen molar-refractivity contribution in [3.05, 3.63) is 41.7 Å². The van der Waals surface area contributed by atoms with Crippen LogP contribution in [0.4, 0.5) is 5.82 Å². The molecule has 0 aliphatic rings. The van der Waals surface area contributed by atoms with Crippen LogP contribution in [0, 0.1) is 6.92 Å². The van der Waals surface area contributed by atoms with Crippen LogP contribution in [-0.2, 0) is 4.74 Å². The molecule has 0 spiro atoms. The van der Waals surface area contributed by atoms with E-state index in [1.54, 1.807) is 7.11 Å². The fraction of sp³-hybridized carbons (Fsp3) is 0.412. The molecule has 0 amide bonds. The van der Waals surface area contributed by atoms with Gasteiger partial charge in [0.15, 0.2) is 0 Å². The van der Waals surface area contributed by atoms with Crippen molar-refractivity contribution in [1.82, 2.24) is 9.97 Å². The van der Waals surface area contributed by atoms with E-state index in [0.717, 1.165) is 35.0 Å². The third kappa shape index (κ3) is 3.58. The Kier molecular flexibility index (Phi) is 5.28. The molecular weight excluding hydrogens is 262 g/mol. The lowest BCUT2D eigenvalue weighted by atomic mass is 10.1. The minimum atomic E-state index is 0.162. The lowest BCUT2D eigenvalue weighted by molar-refractivity contribution is 0.181. The third-order valence-electron chi connectivity index (χ3n) is 3.41. The van der Waals surface area contributed by atoms with Crippen molar-refractivity contribution in [2.45, 2.75) is 26.7 Å². The Hall–Kier alpha value is -1.94. The van der Waals surface area contributed by atoms with Crippen LogP contribution in [0.25, 0.3) is 11.3 Å². The number of nitrogens with one attached hydrogen (secondary N) is 1. The van der Waals surface area contributed by atoms with Crippen LogP contribution in [0.15, 0.2) is 30.3 Å². The Bertz CT molecular complexity index is 584. The summed E-state index contributed by atoms with van der Waals surface area (Å²) in [5, 5.41) is 3.33. The van der Waals surface area contributed by atoms with Crippen molar-refractivity contribution in [2.24, 2.45) is 0 Å². The first-order valence-electron chi connectivity index (χ1n) is 7.34. The molecule has 0 aliphatic carbocycles. The SMILES string of the molecule is CCNc1nc(C(C)COC)nc(-c2ccccc2)c1C. The molecule has 1 N–H and O–H groups in total. The molecule has 0 fully saturated rings. The minimum Gasteiger partial charge on any atom is -0.384 e. The standard InChI is InChI=1S/C17H23N3O/c1-5-18-17-13(3)15(14-9-7-6-8-10-14)19-16(20-17)12(2)11-21-4/h6-10,12H,5,11H2,1-4H3,(H,18,19,20). The lowest BCUT2D eigenvalue weighted by Crippen LogP contribution is -2.12. The van der Waals surface area contributed by atoms with Gasteiger partial charge < -0.3 is 10.1 Å². The second-order valence-corrected chi connectivity index (χ2v) is 5.16. The van der Waals surface area contributed by atoms with Gasteiger partial charge in [0.05, 0.1) is 12.3 Å². The van der Waals surface area contributed by atoms with Crippen molar-refractivity contribution in [3.63, 3.8) is 0 Å². The number of rotatable bonds is 6. The molecule has 0 saturated carbocycles. The highest BCUT2D eigenvalue weighted by molar-refractivity contribution is 5.68. The van der Waals surface area contributed by atoms with E-state index in [1.807, 2.05) is 18.2 Å². The second kappa shape index (κ2) is 7.18. The zero-order chi connectivity index (χ0) is 15.2.